The summed E-state index contributed by atoms with van der Waals surface area (Å²) >= 11 is 0. The van der Waals surface area contributed by atoms with Gasteiger partial charge in [-0.15, -0.1) is 0 Å². The summed E-state index contributed by atoms with van der Waals surface area (Å²) in [5.74, 6) is -3.27. The van der Waals surface area contributed by atoms with Crippen LogP contribution in [0.2, 0.25) is 0 Å². The van der Waals surface area contributed by atoms with Crippen molar-refractivity contribution < 1.29 is 24.0 Å². The second kappa shape index (κ2) is 6.54. The summed E-state index contributed by atoms with van der Waals surface area (Å²) in [6, 6.07) is 0. The number of allylic oxidation sites excluding steroid dienone is 2. The minimum atomic E-state index is -1.84. The molecule has 0 N–H and O–H groups in total. The molecule has 0 amide bonds. The summed E-state index contributed by atoms with van der Waals surface area (Å²) in [5, 5.41) is 0. The number of carbonyl (C=O) groups excluding carboxylic acids is 5. The average Bonchev–Trinajstić information content (AvgIpc) is 2.99. The highest BCUT2D eigenvalue weighted by Gasteiger charge is 2.82. The van der Waals surface area contributed by atoms with Gasteiger partial charge >= 0.3 is 0 Å². The molecule has 0 aromatic rings. The van der Waals surface area contributed by atoms with Crippen LogP contribution in [0.4, 0.5) is 0 Å². The number of hydrogen-bond acceptors (Lipinski definition) is 5. The summed E-state index contributed by atoms with van der Waals surface area (Å²) in [6.07, 6.45) is 2.10. The summed E-state index contributed by atoms with van der Waals surface area (Å²) in [5.41, 5.74) is -4.32. The van der Waals surface area contributed by atoms with Crippen LogP contribution in [0.1, 0.15) is 74.7 Å². The van der Waals surface area contributed by atoms with E-state index in [-0.39, 0.29) is 30.8 Å². The van der Waals surface area contributed by atoms with Gasteiger partial charge < -0.3 is 0 Å². The molecule has 164 valence electrons. The third kappa shape index (κ3) is 2.44. The Labute approximate surface area is 179 Å². The summed E-state index contributed by atoms with van der Waals surface area (Å²) in [6.45, 7) is 14.1. The molecule has 0 aromatic heterocycles. The van der Waals surface area contributed by atoms with E-state index in [1.807, 2.05) is 27.7 Å². The van der Waals surface area contributed by atoms with Gasteiger partial charge in [0.05, 0.1) is 10.8 Å². The van der Waals surface area contributed by atoms with E-state index in [2.05, 4.69) is 0 Å². The Morgan fingerprint density at radius 1 is 0.967 bits per heavy atom. The molecule has 3 aliphatic carbocycles. The maximum atomic E-state index is 14.3. The van der Waals surface area contributed by atoms with Crippen LogP contribution in [0.25, 0.3) is 0 Å². The van der Waals surface area contributed by atoms with Gasteiger partial charge in [0, 0.05) is 11.8 Å². The van der Waals surface area contributed by atoms with Crippen molar-refractivity contribution in [3.63, 3.8) is 0 Å². The maximum absolute atomic E-state index is 14.3. The molecule has 5 nitrogen and oxygen atoms in total. The zero-order valence-electron chi connectivity index (χ0n) is 19.5. The number of fused-ring (bicyclic) bond motifs is 1. The zero-order chi connectivity index (χ0) is 23.0. The predicted molar refractivity (Wildman–Crippen MR) is 113 cm³/mol. The molecular weight excluding hydrogens is 380 g/mol. The van der Waals surface area contributed by atoms with Crippen LogP contribution in [-0.2, 0) is 24.0 Å². The second-order valence-corrected chi connectivity index (χ2v) is 11.1. The molecule has 2 bridgehead atoms. The molecular formula is C25H34O5. The Morgan fingerprint density at radius 2 is 1.53 bits per heavy atom. The van der Waals surface area contributed by atoms with Crippen molar-refractivity contribution in [2.75, 3.05) is 0 Å². The molecule has 3 rings (SSSR count). The van der Waals surface area contributed by atoms with E-state index in [9.17, 15) is 24.0 Å². The van der Waals surface area contributed by atoms with Gasteiger partial charge in [0.2, 0.25) is 0 Å². The van der Waals surface area contributed by atoms with Gasteiger partial charge in [0.25, 0.3) is 0 Å². The third-order valence-corrected chi connectivity index (χ3v) is 8.37. The minimum Gasteiger partial charge on any atom is -0.300 e. The fourth-order valence-electron chi connectivity index (χ4n) is 6.82. The number of hydrogen-bond donors (Lipinski definition) is 0. The van der Waals surface area contributed by atoms with Gasteiger partial charge in [0.15, 0.2) is 28.5 Å². The van der Waals surface area contributed by atoms with Gasteiger partial charge in [0.1, 0.15) is 5.78 Å². The third-order valence-electron chi connectivity index (χ3n) is 8.37. The molecule has 30 heavy (non-hydrogen) atoms. The lowest BCUT2D eigenvalue weighted by molar-refractivity contribution is -0.168. The van der Waals surface area contributed by atoms with Crippen LogP contribution in [-0.4, -0.2) is 28.9 Å². The van der Waals surface area contributed by atoms with Crippen LogP contribution in [0.3, 0.4) is 0 Å². The molecule has 0 aliphatic heterocycles. The molecule has 0 aromatic carbocycles. The van der Waals surface area contributed by atoms with Crippen molar-refractivity contribution in [1.82, 2.24) is 0 Å². The first-order valence-corrected chi connectivity index (χ1v) is 10.9. The summed E-state index contributed by atoms with van der Waals surface area (Å²) < 4.78 is 0. The van der Waals surface area contributed by atoms with Crippen LogP contribution in [0.15, 0.2) is 11.6 Å². The van der Waals surface area contributed by atoms with E-state index in [1.165, 1.54) is 6.92 Å². The molecule has 1 spiro atoms. The van der Waals surface area contributed by atoms with E-state index in [4.69, 9.17) is 0 Å². The smallest absolute Gasteiger partial charge is 0.168 e. The highest BCUT2D eigenvalue weighted by molar-refractivity contribution is 6.40. The molecule has 0 saturated heterocycles. The Kier molecular flexibility index (Phi) is 4.97. The molecule has 5 heteroatoms. The highest BCUT2D eigenvalue weighted by atomic mass is 16.2. The molecule has 5 atom stereocenters. The SMILES string of the molecule is CC(=O)[C@H]1C[C@@]23C(=O)[C@@](C)(C[C@H]2C1(C)C)C(=O)[C@@](CC=C(C)C)(C(=O)C(C)C)C3=O. The average molecular weight is 415 g/mol. The molecule has 3 aliphatic rings. The van der Waals surface area contributed by atoms with Crippen molar-refractivity contribution in [1.29, 1.82) is 0 Å². The Morgan fingerprint density at radius 3 is 2.00 bits per heavy atom. The highest BCUT2D eigenvalue weighted by Crippen LogP contribution is 2.72. The van der Waals surface area contributed by atoms with Crippen LogP contribution >= 0.6 is 0 Å². The van der Waals surface area contributed by atoms with E-state index in [0.29, 0.717) is 0 Å². The van der Waals surface area contributed by atoms with Crippen molar-refractivity contribution >= 4 is 28.9 Å². The molecule has 0 heterocycles. The topological polar surface area (TPSA) is 85.3 Å². The lowest BCUT2D eigenvalue weighted by atomic mass is 9.51. The monoisotopic (exact) mass is 414 g/mol. The first kappa shape index (κ1) is 22.8. The number of ketones is 5. The van der Waals surface area contributed by atoms with Gasteiger partial charge in [-0.1, -0.05) is 39.3 Å². The van der Waals surface area contributed by atoms with Gasteiger partial charge in [-0.3, -0.25) is 24.0 Å². The fraction of sp³-hybridized carbons (Fsp3) is 0.720. The fourth-order valence-corrected chi connectivity index (χ4v) is 6.82. The Bertz CT molecular complexity index is 902. The Hall–Kier alpha value is -1.91. The lowest BCUT2D eigenvalue weighted by Crippen LogP contribution is -2.65. The number of Topliss-reactive ketones (excluding diaryl/α,β-unsaturated/α-hetero) is 5. The summed E-state index contributed by atoms with van der Waals surface area (Å²) in [4.78, 5) is 67.9. The standard InChI is InChI=1S/C25H34O5/c1-13(2)9-10-24(18(27)14(3)4)19(28)23(8)12-17-22(6,7)16(15(5)26)11-25(17,20(23)29)21(24)30/h9,14,16-17H,10-12H2,1-8H3/t16-,17+,23+,24-,25+/m1/s1. The first-order chi connectivity index (χ1) is 13.6. The largest absolute Gasteiger partial charge is 0.300 e. The van der Waals surface area contributed by atoms with Crippen LogP contribution in [0.5, 0.6) is 0 Å². The number of rotatable bonds is 5. The number of carbonyl (C=O) groups is 5. The van der Waals surface area contributed by atoms with Gasteiger partial charge in [-0.05, 0) is 58.3 Å². The van der Waals surface area contributed by atoms with E-state index < -0.39 is 56.8 Å². The quantitative estimate of drug-likeness (QED) is 0.503. The predicted octanol–water partition coefficient (Wildman–Crippen LogP) is 3.92. The minimum absolute atomic E-state index is 0.00742. The molecule has 0 unspecified atom stereocenters. The molecule has 3 fully saturated rings. The first-order valence-electron chi connectivity index (χ1n) is 10.9. The Balaban J connectivity index is 2.33. The van der Waals surface area contributed by atoms with E-state index in [1.54, 1.807) is 26.8 Å². The zero-order valence-corrected chi connectivity index (χ0v) is 19.5. The normalized spacial score (nSPS) is 39.3. The maximum Gasteiger partial charge on any atom is 0.168 e. The molecule has 0 radical (unpaired) electrons. The lowest BCUT2D eigenvalue weighted by Gasteiger charge is -2.45. The second-order valence-electron chi connectivity index (χ2n) is 11.1. The molecule has 3 saturated carbocycles. The van der Waals surface area contributed by atoms with E-state index in [0.717, 1.165) is 5.57 Å². The van der Waals surface area contributed by atoms with Crippen LogP contribution in [0, 0.1) is 39.4 Å². The van der Waals surface area contributed by atoms with Gasteiger partial charge in [-0.2, -0.15) is 0 Å². The van der Waals surface area contributed by atoms with Gasteiger partial charge in [-0.25, -0.2) is 0 Å². The van der Waals surface area contributed by atoms with Crippen LogP contribution < -0.4 is 0 Å². The van der Waals surface area contributed by atoms with Crippen molar-refractivity contribution in [2.24, 2.45) is 39.4 Å². The van der Waals surface area contributed by atoms with Crippen molar-refractivity contribution in [3.8, 4) is 0 Å². The van der Waals surface area contributed by atoms with Crippen molar-refractivity contribution in [2.45, 2.75) is 74.7 Å². The van der Waals surface area contributed by atoms with Crippen molar-refractivity contribution in [3.05, 3.63) is 11.6 Å². The van der Waals surface area contributed by atoms with E-state index >= 15 is 0 Å². The summed E-state index contributed by atoms with van der Waals surface area (Å²) in [7, 11) is 0.